The fraction of sp³-hybridized carbons (Fsp3) is 0.318. The van der Waals surface area contributed by atoms with Crippen LogP contribution in [0, 0.1) is 0 Å². The predicted molar refractivity (Wildman–Crippen MR) is 113 cm³/mol. The molecule has 0 aromatic heterocycles. The molecule has 2 aromatic rings. The Bertz CT molecular complexity index is 897. The van der Waals surface area contributed by atoms with E-state index < -0.39 is 8.07 Å². The Labute approximate surface area is 162 Å². The molecule has 1 aliphatic heterocycles. The number of carbonyl (C=O) groups is 1. The molecule has 142 valence electrons. The third-order valence-corrected chi connectivity index (χ3v) is 6.93. The first-order chi connectivity index (χ1) is 12.8. The smallest absolute Gasteiger partial charge is 0.252 e. The summed E-state index contributed by atoms with van der Waals surface area (Å²) in [5.74, 6) is 1.10. The SMILES string of the molecule is COc1cc2c(cc1OC)C(=O)NCCc1ccccc1/C([Si](C)(C)C)=C\2. The van der Waals surface area contributed by atoms with E-state index in [1.165, 1.54) is 16.3 Å². The van der Waals surface area contributed by atoms with Crippen LogP contribution in [-0.2, 0) is 6.42 Å². The van der Waals surface area contributed by atoms with E-state index >= 15 is 0 Å². The van der Waals surface area contributed by atoms with Crippen LogP contribution in [0.4, 0.5) is 0 Å². The van der Waals surface area contributed by atoms with Crippen molar-refractivity contribution in [3.8, 4) is 11.5 Å². The summed E-state index contributed by atoms with van der Waals surface area (Å²) < 4.78 is 10.9. The second kappa shape index (κ2) is 7.60. The van der Waals surface area contributed by atoms with Gasteiger partial charge in [-0.25, -0.2) is 0 Å². The second-order valence-corrected chi connectivity index (χ2v) is 12.8. The summed E-state index contributed by atoms with van der Waals surface area (Å²) in [5.41, 5.74) is 4.03. The first kappa shape index (κ1) is 19.2. The van der Waals surface area contributed by atoms with Crippen molar-refractivity contribution in [2.75, 3.05) is 20.8 Å². The van der Waals surface area contributed by atoms with Gasteiger partial charge in [0, 0.05) is 6.54 Å². The largest absolute Gasteiger partial charge is 0.493 e. The number of nitrogens with one attached hydrogen (secondary N) is 1. The fourth-order valence-electron chi connectivity index (χ4n) is 3.47. The van der Waals surface area contributed by atoms with Gasteiger partial charge in [0.2, 0.25) is 0 Å². The summed E-state index contributed by atoms with van der Waals surface area (Å²) in [6.07, 6.45) is 2.99. The van der Waals surface area contributed by atoms with E-state index in [9.17, 15) is 4.79 Å². The highest BCUT2D eigenvalue weighted by molar-refractivity contribution is 6.94. The molecular formula is C22H27NO3Si. The third kappa shape index (κ3) is 3.93. The van der Waals surface area contributed by atoms with Gasteiger partial charge >= 0.3 is 0 Å². The van der Waals surface area contributed by atoms with Crippen molar-refractivity contribution in [1.29, 1.82) is 0 Å². The van der Waals surface area contributed by atoms with E-state index in [0.29, 0.717) is 23.6 Å². The lowest BCUT2D eigenvalue weighted by atomic mass is 9.99. The standard InChI is InChI=1S/C22H27NO3Si/c1-25-19-12-16-13-21(27(3,4)5)17-9-7-6-8-15(17)10-11-23-22(24)18(16)14-20(19)26-2/h6-9,12-14H,10-11H2,1-5H3,(H,23,24)/b21-13+. The van der Waals surface area contributed by atoms with Gasteiger partial charge in [-0.1, -0.05) is 55.2 Å². The van der Waals surface area contributed by atoms with Crippen molar-refractivity contribution in [2.45, 2.75) is 26.1 Å². The first-order valence-corrected chi connectivity index (χ1v) is 12.7. The average Bonchev–Trinajstić information content (AvgIpc) is 2.64. The van der Waals surface area contributed by atoms with Crippen LogP contribution in [0.2, 0.25) is 19.6 Å². The molecule has 2 aromatic carbocycles. The number of ether oxygens (including phenoxy) is 2. The monoisotopic (exact) mass is 381 g/mol. The van der Waals surface area contributed by atoms with E-state index in [1.807, 2.05) is 6.07 Å². The predicted octanol–water partition coefficient (Wildman–Crippen LogP) is 4.41. The van der Waals surface area contributed by atoms with Gasteiger partial charge in [-0.2, -0.15) is 0 Å². The zero-order valence-electron chi connectivity index (χ0n) is 16.7. The lowest BCUT2D eigenvalue weighted by Gasteiger charge is -2.26. The van der Waals surface area contributed by atoms with E-state index in [1.54, 1.807) is 20.3 Å². The zero-order chi connectivity index (χ0) is 19.6. The Balaban J connectivity index is 2.32. The van der Waals surface area contributed by atoms with Crippen LogP contribution in [0.5, 0.6) is 11.5 Å². The lowest BCUT2D eigenvalue weighted by Crippen LogP contribution is -2.29. The Morgan fingerprint density at radius 3 is 2.30 bits per heavy atom. The highest BCUT2D eigenvalue weighted by atomic mass is 28.3. The van der Waals surface area contributed by atoms with Crippen molar-refractivity contribution in [1.82, 2.24) is 5.32 Å². The van der Waals surface area contributed by atoms with Gasteiger partial charge < -0.3 is 14.8 Å². The summed E-state index contributed by atoms with van der Waals surface area (Å²) in [6, 6.07) is 12.2. The van der Waals surface area contributed by atoms with Crippen LogP contribution in [0.25, 0.3) is 11.3 Å². The Kier molecular flexibility index (Phi) is 5.42. The van der Waals surface area contributed by atoms with Crippen LogP contribution in [0.15, 0.2) is 36.4 Å². The van der Waals surface area contributed by atoms with Crippen molar-refractivity contribution >= 4 is 25.3 Å². The van der Waals surface area contributed by atoms with Crippen molar-refractivity contribution in [2.24, 2.45) is 0 Å². The maximum absolute atomic E-state index is 12.8. The van der Waals surface area contributed by atoms with E-state index in [0.717, 1.165) is 12.0 Å². The molecule has 0 saturated heterocycles. The van der Waals surface area contributed by atoms with Crippen molar-refractivity contribution in [3.63, 3.8) is 0 Å². The van der Waals surface area contributed by atoms with Gasteiger partial charge in [0.05, 0.1) is 27.9 Å². The summed E-state index contributed by atoms with van der Waals surface area (Å²) in [4.78, 5) is 12.8. The van der Waals surface area contributed by atoms with Gasteiger partial charge in [-0.3, -0.25) is 4.79 Å². The molecule has 0 radical (unpaired) electrons. The molecule has 1 N–H and O–H groups in total. The first-order valence-electron chi connectivity index (χ1n) is 9.20. The highest BCUT2D eigenvalue weighted by Crippen LogP contribution is 2.36. The number of benzene rings is 2. The summed E-state index contributed by atoms with van der Waals surface area (Å²) >= 11 is 0. The lowest BCUT2D eigenvalue weighted by molar-refractivity contribution is 0.0953. The molecule has 4 nitrogen and oxygen atoms in total. The molecule has 1 heterocycles. The minimum absolute atomic E-state index is 0.0866. The molecule has 0 unspecified atom stereocenters. The Morgan fingerprint density at radius 2 is 1.63 bits per heavy atom. The minimum Gasteiger partial charge on any atom is -0.493 e. The summed E-state index contributed by atoms with van der Waals surface area (Å²) in [7, 11) is 1.52. The summed E-state index contributed by atoms with van der Waals surface area (Å²) in [6.45, 7) is 7.61. The van der Waals surface area contributed by atoms with Crippen molar-refractivity contribution < 1.29 is 14.3 Å². The van der Waals surface area contributed by atoms with Gasteiger partial charge in [0.1, 0.15) is 0 Å². The number of rotatable bonds is 3. The number of hydrogen-bond donors (Lipinski definition) is 1. The van der Waals surface area contributed by atoms with E-state index in [-0.39, 0.29) is 5.91 Å². The maximum atomic E-state index is 12.8. The molecule has 0 spiro atoms. The molecule has 0 atom stereocenters. The van der Waals surface area contributed by atoms with Crippen molar-refractivity contribution in [3.05, 3.63) is 58.7 Å². The number of carbonyl (C=O) groups excluding carboxylic acids is 1. The topological polar surface area (TPSA) is 47.6 Å². The molecule has 0 fully saturated rings. The molecular weight excluding hydrogens is 354 g/mol. The van der Waals surface area contributed by atoms with E-state index in [4.69, 9.17) is 9.47 Å². The molecule has 0 aliphatic carbocycles. The summed E-state index contributed by atoms with van der Waals surface area (Å²) in [5, 5.41) is 4.37. The van der Waals surface area contributed by atoms with Gasteiger partial charge in [-0.15, -0.1) is 0 Å². The molecule has 3 rings (SSSR count). The number of methoxy groups -OCH3 is 2. The second-order valence-electron chi connectivity index (χ2n) is 7.77. The number of hydrogen-bond acceptors (Lipinski definition) is 3. The van der Waals surface area contributed by atoms with Gasteiger partial charge in [-0.05, 0) is 35.2 Å². The zero-order valence-corrected chi connectivity index (χ0v) is 17.7. The molecule has 1 aliphatic rings. The highest BCUT2D eigenvalue weighted by Gasteiger charge is 2.25. The Morgan fingerprint density at radius 1 is 0.963 bits per heavy atom. The molecule has 0 saturated carbocycles. The van der Waals surface area contributed by atoms with Gasteiger partial charge in [0.15, 0.2) is 11.5 Å². The van der Waals surface area contributed by atoms with Crippen LogP contribution >= 0.6 is 0 Å². The maximum Gasteiger partial charge on any atom is 0.252 e. The molecule has 5 heteroatoms. The fourth-order valence-corrected chi connectivity index (χ4v) is 5.11. The number of fused-ring (bicyclic) bond motifs is 2. The number of amides is 1. The molecule has 27 heavy (non-hydrogen) atoms. The van der Waals surface area contributed by atoms with Crippen LogP contribution in [0.1, 0.15) is 27.0 Å². The van der Waals surface area contributed by atoms with Crippen LogP contribution in [-0.4, -0.2) is 34.7 Å². The molecule has 0 bridgehead atoms. The van der Waals surface area contributed by atoms with E-state index in [2.05, 4.69) is 55.3 Å². The average molecular weight is 382 g/mol. The normalized spacial score (nSPS) is 16.3. The third-order valence-electron chi connectivity index (χ3n) is 4.90. The van der Waals surface area contributed by atoms with Gasteiger partial charge in [0.25, 0.3) is 5.91 Å². The minimum atomic E-state index is -1.68. The molecule has 1 amide bonds. The Hall–Kier alpha value is -2.53. The van der Waals surface area contributed by atoms with Crippen LogP contribution < -0.4 is 14.8 Å². The van der Waals surface area contributed by atoms with Crippen LogP contribution in [0.3, 0.4) is 0 Å². The quantitative estimate of drug-likeness (QED) is 0.801.